The van der Waals surface area contributed by atoms with Gasteiger partial charge in [-0.25, -0.2) is 4.79 Å². The number of carbonyl (C=O) groups excluding carboxylic acids is 1. The molecule has 4 nitrogen and oxygen atoms in total. The van der Waals surface area contributed by atoms with Crippen LogP contribution in [0.15, 0.2) is 12.2 Å². The van der Waals surface area contributed by atoms with E-state index in [1.807, 2.05) is 12.2 Å². The van der Waals surface area contributed by atoms with Gasteiger partial charge < -0.3 is 10.4 Å². The Morgan fingerprint density at radius 2 is 2.15 bits per heavy atom. The fourth-order valence-electron chi connectivity index (χ4n) is 2.12. The van der Waals surface area contributed by atoms with Crippen LogP contribution in [0.3, 0.4) is 0 Å². The van der Waals surface area contributed by atoms with Crippen molar-refractivity contribution in [3.63, 3.8) is 0 Å². The van der Waals surface area contributed by atoms with Gasteiger partial charge in [-0.15, -0.1) is 0 Å². The van der Waals surface area contributed by atoms with E-state index in [4.69, 9.17) is 5.11 Å². The molecule has 1 saturated heterocycles. The second-order valence-electron chi connectivity index (χ2n) is 3.54. The van der Waals surface area contributed by atoms with E-state index in [0.717, 1.165) is 0 Å². The average Bonchev–Trinajstić information content (AvgIpc) is 2.45. The van der Waals surface area contributed by atoms with E-state index >= 15 is 0 Å². The topological polar surface area (TPSA) is 66.4 Å². The fourth-order valence-corrected chi connectivity index (χ4v) is 2.12. The maximum absolute atomic E-state index is 11.3. The van der Waals surface area contributed by atoms with Gasteiger partial charge in [0.1, 0.15) is 6.04 Å². The van der Waals surface area contributed by atoms with Crippen LogP contribution in [0.4, 0.5) is 0 Å². The van der Waals surface area contributed by atoms with Crippen molar-refractivity contribution < 1.29 is 14.7 Å². The molecule has 0 bridgehead atoms. The van der Waals surface area contributed by atoms with Gasteiger partial charge in [0.15, 0.2) is 0 Å². The van der Waals surface area contributed by atoms with Gasteiger partial charge in [0.25, 0.3) is 0 Å². The first-order chi connectivity index (χ1) is 6.20. The Morgan fingerprint density at radius 3 is 2.85 bits per heavy atom. The fraction of sp³-hybridized carbons (Fsp3) is 0.556. The van der Waals surface area contributed by atoms with Crippen molar-refractivity contribution in [3.05, 3.63) is 12.2 Å². The molecule has 13 heavy (non-hydrogen) atoms. The van der Waals surface area contributed by atoms with Crippen molar-refractivity contribution in [2.75, 3.05) is 0 Å². The van der Waals surface area contributed by atoms with Gasteiger partial charge in [-0.05, 0) is 12.8 Å². The summed E-state index contributed by atoms with van der Waals surface area (Å²) < 4.78 is 0. The summed E-state index contributed by atoms with van der Waals surface area (Å²) in [6, 6.07) is -0.678. The molecule has 70 valence electrons. The van der Waals surface area contributed by atoms with Gasteiger partial charge in [-0.2, -0.15) is 0 Å². The van der Waals surface area contributed by atoms with Crippen LogP contribution in [-0.2, 0) is 9.59 Å². The molecule has 1 heterocycles. The van der Waals surface area contributed by atoms with E-state index in [1.165, 1.54) is 0 Å². The van der Waals surface area contributed by atoms with Gasteiger partial charge in [-0.3, -0.25) is 4.79 Å². The van der Waals surface area contributed by atoms with Crippen LogP contribution in [-0.4, -0.2) is 23.0 Å². The van der Waals surface area contributed by atoms with Crippen molar-refractivity contribution in [1.29, 1.82) is 0 Å². The number of hydrogen-bond acceptors (Lipinski definition) is 2. The SMILES string of the molecule is O=C(O)C1NC(=O)[C@@H]2CC=CC[C@@H]12. The molecular formula is C9H11NO3. The maximum Gasteiger partial charge on any atom is 0.326 e. The molecule has 2 aliphatic rings. The van der Waals surface area contributed by atoms with Crippen LogP contribution < -0.4 is 5.32 Å². The third kappa shape index (κ3) is 1.22. The molecule has 0 spiro atoms. The third-order valence-corrected chi connectivity index (χ3v) is 2.81. The molecule has 1 fully saturated rings. The Balaban J connectivity index is 2.23. The van der Waals surface area contributed by atoms with E-state index in [9.17, 15) is 9.59 Å². The molecule has 1 amide bonds. The minimum atomic E-state index is -0.920. The highest BCUT2D eigenvalue weighted by Gasteiger charge is 2.45. The van der Waals surface area contributed by atoms with Gasteiger partial charge in [-0.1, -0.05) is 12.2 Å². The average molecular weight is 181 g/mol. The van der Waals surface area contributed by atoms with Crippen molar-refractivity contribution in [1.82, 2.24) is 5.32 Å². The van der Waals surface area contributed by atoms with Gasteiger partial charge in [0, 0.05) is 11.8 Å². The standard InChI is InChI=1S/C9H11NO3/c11-8-6-4-2-1-3-5(6)7(10-8)9(12)13/h1-2,5-7H,3-4H2,(H,10,11)(H,12,13)/t5-,6-,7?/m1/s1. The number of carboxylic acid groups (broad SMARTS) is 1. The molecule has 1 unspecified atom stereocenters. The van der Waals surface area contributed by atoms with Gasteiger partial charge >= 0.3 is 5.97 Å². The van der Waals surface area contributed by atoms with E-state index < -0.39 is 12.0 Å². The van der Waals surface area contributed by atoms with Crippen LogP contribution in [0.1, 0.15) is 12.8 Å². The molecule has 3 atom stereocenters. The summed E-state index contributed by atoms with van der Waals surface area (Å²) in [7, 11) is 0. The van der Waals surface area contributed by atoms with E-state index in [2.05, 4.69) is 5.32 Å². The highest BCUT2D eigenvalue weighted by atomic mass is 16.4. The van der Waals surface area contributed by atoms with Crippen LogP contribution >= 0.6 is 0 Å². The lowest BCUT2D eigenvalue weighted by atomic mass is 9.82. The summed E-state index contributed by atoms with van der Waals surface area (Å²) in [4.78, 5) is 22.1. The summed E-state index contributed by atoms with van der Waals surface area (Å²) in [6.07, 6.45) is 5.28. The number of nitrogens with one attached hydrogen (secondary N) is 1. The molecule has 1 aliphatic carbocycles. The van der Waals surface area contributed by atoms with E-state index in [0.29, 0.717) is 12.8 Å². The number of fused-ring (bicyclic) bond motifs is 1. The highest BCUT2D eigenvalue weighted by Crippen LogP contribution is 2.33. The first kappa shape index (κ1) is 8.29. The number of carbonyl (C=O) groups is 2. The lowest BCUT2D eigenvalue weighted by Crippen LogP contribution is -2.36. The Bertz CT molecular complexity index is 285. The summed E-state index contributed by atoms with van der Waals surface area (Å²) in [5.41, 5.74) is 0. The quantitative estimate of drug-likeness (QED) is 0.566. The van der Waals surface area contributed by atoms with Crippen molar-refractivity contribution in [2.45, 2.75) is 18.9 Å². The molecular weight excluding hydrogens is 170 g/mol. The lowest BCUT2D eigenvalue weighted by Gasteiger charge is -2.20. The number of allylic oxidation sites excluding steroid dienone is 2. The number of rotatable bonds is 1. The molecule has 0 radical (unpaired) electrons. The van der Waals surface area contributed by atoms with Crippen molar-refractivity contribution in [2.24, 2.45) is 11.8 Å². The zero-order valence-electron chi connectivity index (χ0n) is 7.06. The molecule has 0 aromatic carbocycles. The second-order valence-corrected chi connectivity index (χ2v) is 3.54. The van der Waals surface area contributed by atoms with E-state index in [1.54, 1.807) is 0 Å². The molecule has 0 aromatic rings. The largest absolute Gasteiger partial charge is 0.480 e. The van der Waals surface area contributed by atoms with Gasteiger partial charge in [0.05, 0.1) is 0 Å². The maximum atomic E-state index is 11.3. The smallest absolute Gasteiger partial charge is 0.326 e. The van der Waals surface area contributed by atoms with Crippen molar-refractivity contribution in [3.8, 4) is 0 Å². The molecule has 4 heteroatoms. The summed E-state index contributed by atoms with van der Waals surface area (Å²) in [5, 5.41) is 11.3. The van der Waals surface area contributed by atoms with Crippen LogP contribution in [0.2, 0.25) is 0 Å². The monoisotopic (exact) mass is 181 g/mol. The predicted molar refractivity (Wildman–Crippen MR) is 44.9 cm³/mol. The predicted octanol–water partition coefficient (Wildman–Crippen LogP) is 0.152. The molecule has 1 aliphatic heterocycles. The molecule has 0 aromatic heterocycles. The normalized spacial score (nSPS) is 36.9. The summed E-state index contributed by atoms with van der Waals surface area (Å²) in [6.45, 7) is 0. The summed E-state index contributed by atoms with van der Waals surface area (Å²) in [5.74, 6) is -1.20. The number of hydrogen-bond donors (Lipinski definition) is 2. The highest BCUT2D eigenvalue weighted by molar-refractivity contribution is 5.90. The minimum absolute atomic E-state index is 0.0463. The molecule has 0 saturated carbocycles. The zero-order chi connectivity index (χ0) is 9.42. The van der Waals surface area contributed by atoms with Crippen LogP contribution in [0, 0.1) is 11.8 Å². The Kier molecular flexibility index (Phi) is 1.83. The lowest BCUT2D eigenvalue weighted by molar-refractivity contribution is -0.140. The molecule has 2 rings (SSSR count). The first-order valence-electron chi connectivity index (χ1n) is 4.38. The van der Waals surface area contributed by atoms with Crippen LogP contribution in [0.25, 0.3) is 0 Å². The molecule has 2 N–H and O–H groups in total. The number of carboxylic acids is 1. The summed E-state index contributed by atoms with van der Waals surface area (Å²) >= 11 is 0. The number of amides is 1. The van der Waals surface area contributed by atoms with Gasteiger partial charge in [0.2, 0.25) is 5.91 Å². The van der Waals surface area contributed by atoms with Crippen molar-refractivity contribution >= 4 is 11.9 Å². The second kappa shape index (κ2) is 2.87. The third-order valence-electron chi connectivity index (χ3n) is 2.81. The minimum Gasteiger partial charge on any atom is -0.480 e. The van der Waals surface area contributed by atoms with Crippen LogP contribution in [0.5, 0.6) is 0 Å². The Morgan fingerprint density at radius 1 is 1.46 bits per heavy atom. The van der Waals surface area contributed by atoms with E-state index in [-0.39, 0.29) is 17.7 Å². The Hall–Kier alpha value is -1.32. The number of aliphatic carboxylic acids is 1. The first-order valence-corrected chi connectivity index (χ1v) is 4.38. The Labute approximate surface area is 75.6 Å². The zero-order valence-corrected chi connectivity index (χ0v) is 7.06.